The first kappa shape index (κ1) is 19.6. The minimum atomic E-state index is -0.371. The molecule has 7 heteroatoms. The average Bonchev–Trinajstić information content (AvgIpc) is 2.68. The molecule has 0 saturated carbocycles. The number of nitrogens with zero attached hydrogens (tertiary/aromatic N) is 2. The Balaban J connectivity index is 1.63. The minimum Gasteiger partial charge on any atom is -0.465 e. The monoisotopic (exact) mass is 396 g/mol. The summed E-state index contributed by atoms with van der Waals surface area (Å²) in [4.78, 5) is 20.4. The van der Waals surface area contributed by atoms with E-state index in [0.717, 1.165) is 40.8 Å². The Morgan fingerprint density at radius 2 is 1.89 bits per heavy atom. The molecule has 0 radical (unpaired) electrons. The van der Waals surface area contributed by atoms with Crippen LogP contribution in [0, 0.1) is 6.92 Å². The van der Waals surface area contributed by atoms with Crippen molar-refractivity contribution in [2.45, 2.75) is 13.3 Å². The first-order valence-corrected chi connectivity index (χ1v) is 9.21. The van der Waals surface area contributed by atoms with Gasteiger partial charge in [0.05, 0.1) is 12.7 Å². The molecule has 1 heterocycles. The van der Waals surface area contributed by atoms with E-state index in [2.05, 4.69) is 20.6 Å². The number of benzene rings is 2. The quantitative estimate of drug-likeness (QED) is 0.567. The number of hydrogen-bond acceptors (Lipinski definition) is 6. The van der Waals surface area contributed by atoms with Gasteiger partial charge in [0.25, 0.3) is 0 Å². The molecule has 0 atom stereocenters. The van der Waals surface area contributed by atoms with Gasteiger partial charge in [0.2, 0.25) is 5.95 Å². The van der Waals surface area contributed by atoms with Gasteiger partial charge >= 0.3 is 5.97 Å². The van der Waals surface area contributed by atoms with E-state index in [9.17, 15) is 4.79 Å². The standard InChI is InChI=1S/C21H21ClN4O2/c1-14-12-19(23-11-10-15-4-3-5-17(22)13-15)26-21(24-14)25-18-8-6-16(7-9-18)20(27)28-2/h3-9,12-13H,10-11H2,1-2H3,(H2,23,24,25,26). The highest BCUT2D eigenvalue weighted by Crippen LogP contribution is 2.17. The Hall–Kier alpha value is -3.12. The molecule has 6 nitrogen and oxygen atoms in total. The largest absolute Gasteiger partial charge is 0.465 e. The number of aromatic nitrogens is 2. The van der Waals surface area contributed by atoms with Crippen molar-refractivity contribution in [3.05, 3.63) is 76.4 Å². The molecule has 0 unspecified atom stereocenters. The Labute approximate surface area is 168 Å². The Morgan fingerprint density at radius 1 is 1.11 bits per heavy atom. The lowest BCUT2D eigenvalue weighted by Crippen LogP contribution is -2.09. The van der Waals surface area contributed by atoms with Crippen LogP contribution < -0.4 is 10.6 Å². The van der Waals surface area contributed by atoms with Gasteiger partial charge in [0.1, 0.15) is 5.82 Å². The van der Waals surface area contributed by atoms with Crippen LogP contribution in [-0.4, -0.2) is 29.6 Å². The highest BCUT2D eigenvalue weighted by atomic mass is 35.5. The molecule has 3 aromatic rings. The zero-order valence-electron chi connectivity index (χ0n) is 15.7. The lowest BCUT2D eigenvalue weighted by atomic mass is 10.1. The molecule has 1 aromatic heterocycles. The number of hydrogen-bond donors (Lipinski definition) is 2. The normalized spacial score (nSPS) is 10.4. The van der Waals surface area contributed by atoms with E-state index in [4.69, 9.17) is 16.3 Å². The van der Waals surface area contributed by atoms with E-state index in [1.54, 1.807) is 24.3 Å². The van der Waals surface area contributed by atoms with Crippen LogP contribution >= 0.6 is 11.6 Å². The summed E-state index contributed by atoms with van der Waals surface area (Å²) in [7, 11) is 1.36. The highest BCUT2D eigenvalue weighted by Gasteiger charge is 2.06. The fraction of sp³-hybridized carbons (Fsp3) is 0.190. The van der Waals surface area contributed by atoms with E-state index in [1.165, 1.54) is 7.11 Å². The van der Waals surface area contributed by atoms with Crippen molar-refractivity contribution in [2.24, 2.45) is 0 Å². The molecule has 28 heavy (non-hydrogen) atoms. The van der Waals surface area contributed by atoms with Crippen LogP contribution in [0.2, 0.25) is 5.02 Å². The summed E-state index contributed by atoms with van der Waals surface area (Å²) < 4.78 is 4.70. The Bertz CT molecular complexity index is 961. The van der Waals surface area contributed by atoms with Crippen LogP contribution in [0.1, 0.15) is 21.6 Å². The number of ether oxygens (including phenoxy) is 1. The van der Waals surface area contributed by atoms with Gasteiger partial charge in [-0.15, -0.1) is 0 Å². The fourth-order valence-electron chi connectivity index (χ4n) is 2.68. The number of halogens is 1. The summed E-state index contributed by atoms with van der Waals surface area (Å²) in [6.07, 6.45) is 0.835. The molecule has 2 aromatic carbocycles. The summed E-state index contributed by atoms with van der Waals surface area (Å²) in [6, 6.07) is 16.6. The summed E-state index contributed by atoms with van der Waals surface area (Å²) >= 11 is 6.02. The molecule has 0 spiro atoms. The molecule has 0 bridgehead atoms. The molecular formula is C21H21ClN4O2. The van der Waals surface area contributed by atoms with Gasteiger partial charge in [-0.3, -0.25) is 0 Å². The molecule has 144 valence electrons. The van der Waals surface area contributed by atoms with E-state index in [1.807, 2.05) is 37.3 Å². The van der Waals surface area contributed by atoms with Gasteiger partial charge < -0.3 is 15.4 Å². The predicted molar refractivity (Wildman–Crippen MR) is 111 cm³/mol. The second-order valence-electron chi connectivity index (χ2n) is 6.22. The maximum Gasteiger partial charge on any atom is 0.337 e. The fourth-order valence-corrected chi connectivity index (χ4v) is 2.89. The number of methoxy groups -OCH3 is 1. The number of aryl methyl sites for hydroxylation is 1. The zero-order valence-corrected chi connectivity index (χ0v) is 16.5. The molecule has 0 aliphatic heterocycles. The number of carbonyl (C=O) groups is 1. The van der Waals surface area contributed by atoms with E-state index in [-0.39, 0.29) is 5.97 Å². The molecule has 0 fully saturated rings. The molecule has 3 rings (SSSR count). The maximum atomic E-state index is 11.5. The van der Waals surface area contributed by atoms with Crippen LogP contribution in [0.15, 0.2) is 54.6 Å². The van der Waals surface area contributed by atoms with Gasteiger partial charge in [-0.25, -0.2) is 9.78 Å². The molecular weight excluding hydrogens is 376 g/mol. The second-order valence-corrected chi connectivity index (χ2v) is 6.66. The maximum absolute atomic E-state index is 11.5. The van der Waals surface area contributed by atoms with Crippen molar-refractivity contribution >= 4 is 35.0 Å². The van der Waals surface area contributed by atoms with Gasteiger partial charge in [0.15, 0.2) is 0 Å². The van der Waals surface area contributed by atoms with Crippen molar-refractivity contribution in [3.63, 3.8) is 0 Å². The van der Waals surface area contributed by atoms with Crippen molar-refractivity contribution in [3.8, 4) is 0 Å². The Kier molecular flexibility index (Phi) is 6.45. The number of anilines is 3. The third-order valence-corrected chi connectivity index (χ3v) is 4.26. The minimum absolute atomic E-state index is 0.371. The SMILES string of the molecule is COC(=O)c1ccc(Nc2nc(C)cc(NCCc3cccc(Cl)c3)n2)cc1. The third kappa shape index (κ3) is 5.44. The first-order chi connectivity index (χ1) is 13.5. The number of nitrogens with one attached hydrogen (secondary N) is 2. The van der Waals surface area contributed by atoms with Crippen LogP contribution in [0.4, 0.5) is 17.5 Å². The smallest absolute Gasteiger partial charge is 0.337 e. The van der Waals surface area contributed by atoms with Crippen molar-refractivity contribution in [1.29, 1.82) is 0 Å². The number of rotatable bonds is 7. The topological polar surface area (TPSA) is 76.1 Å². The van der Waals surface area contributed by atoms with E-state index < -0.39 is 0 Å². The number of carbonyl (C=O) groups excluding carboxylic acids is 1. The zero-order chi connectivity index (χ0) is 19.9. The van der Waals surface area contributed by atoms with Gasteiger partial charge in [-0.2, -0.15) is 4.98 Å². The van der Waals surface area contributed by atoms with Crippen LogP contribution in [0.25, 0.3) is 0 Å². The molecule has 2 N–H and O–H groups in total. The van der Waals surface area contributed by atoms with Crippen LogP contribution in [0.5, 0.6) is 0 Å². The Morgan fingerprint density at radius 3 is 2.61 bits per heavy atom. The summed E-state index contributed by atoms with van der Waals surface area (Å²) in [5.74, 6) is 0.851. The van der Waals surface area contributed by atoms with Crippen LogP contribution in [-0.2, 0) is 11.2 Å². The first-order valence-electron chi connectivity index (χ1n) is 8.83. The average molecular weight is 397 g/mol. The van der Waals surface area contributed by atoms with Gasteiger partial charge in [-0.1, -0.05) is 23.7 Å². The lowest BCUT2D eigenvalue weighted by molar-refractivity contribution is 0.0601. The van der Waals surface area contributed by atoms with Crippen LogP contribution in [0.3, 0.4) is 0 Å². The predicted octanol–water partition coefficient (Wildman–Crippen LogP) is 4.62. The molecule has 0 amide bonds. The van der Waals surface area contributed by atoms with Crippen molar-refractivity contribution < 1.29 is 9.53 Å². The summed E-state index contributed by atoms with van der Waals surface area (Å²) in [5.41, 5.74) is 3.27. The molecule has 0 aliphatic rings. The molecule has 0 saturated heterocycles. The third-order valence-electron chi connectivity index (χ3n) is 4.03. The highest BCUT2D eigenvalue weighted by molar-refractivity contribution is 6.30. The van der Waals surface area contributed by atoms with E-state index in [0.29, 0.717) is 11.5 Å². The second kappa shape index (κ2) is 9.19. The molecule has 0 aliphatic carbocycles. The van der Waals surface area contributed by atoms with Gasteiger partial charge in [0, 0.05) is 29.0 Å². The van der Waals surface area contributed by atoms with Crippen molar-refractivity contribution in [2.75, 3.05) is 24.3 Å². The van der Waals surface area contributed by atoms with Crippen molar-refractivity contribution in [1.82, 2.24) is 9.97 Å². The summed E-state index contributed by atoms with van der Waals surface area (Å²) in [6.45, 7) is 2.64. The number of esters is 1. The lowest BCUT2D eigenvalue weighted by Gasteiger charge is -2.10. The van der Waals surface area contributed by atoms with E-state index >= 15 is 0 Å². The van der Waals surface area contributed by atoms with Gasteiger partial charge in [-0.05, 0) is 55.3 Å². The summed E-state index contributed by atoms with van der Waals surface area (Å²) in [5, 5.41) is 7.21.